The van der Waals surface area contributed by atoms with Crippen molar-refractivity contribution in [1.82, 2.24) is 4.90 Å². The first-order valence-electron chi connectivity index (χ1n) is 6.00. The second-order valence-electron chi connectivity index (χ2n) is 4.00. The number of hydrogen-bond acceptors (Lipinski definition) is 5. The summed E-state index contributed by atoms with van der Waals surface area (Å²) in [5.74, 6) is -1.75. The highest BCUT2D eigenvalue weighted by Gasteiger charge is 2.28. The van der Waals surface area contributed by atoms with Crippen LogP contribution in [0, 0.1) is 5.92 Å². The van der Waals surface area contributed by atoms with Gasteiger partial charge in [-0.2, -0.15) is 0 Å². The lowest BCUT2D eigenvalue weighted by Gasteiger charge is -2.15. The maximum Gasteiger partial charge on any atom is 0.320 e. The Morgan fingerprint density at radius 3 is 1.88 bits per heavy atom. The number of esters is 2. The molecule has 0 fully saturated rings. The topological polar surface area (TPSA) is 55.8 Å². The van der Waals surface area contributed by atoms with Gasteiger partial charge in [-0.05, 0) is 47.3 Å². The van der Waals surface area contributed by atoms with Crippen molar-refractivity contribution in [3.8, 4) is 0 Å². The van der Waals surface area contributed by atoms with Gasteiger partial charge >= 0.3 is 11.9 Å². The average Bonchev–Trinajstić information content (AvgIpc) is 2.24. The maximum atomic E-state index is 11.6. The highest BCUT2D eigenvalue weighted by Crippen LogP contribution is 2.11. The van der Waals surface area contributed by atoms with Crippen LogP contribution in [0.3, 0.4) is 0 Å². The van der Waals surface area contributed by atoms with E-state index in [1.807, 2.05) is 19.0 Å². The summed E-state index contributed by atoms with van der Waals surface area (Å²) in [6.45, 7) is 4.83. The lowest BCUT2D eigenvalue weighted by molar-refractivity contribution is -0.162. The standard InChI is InChI=1S/C12H23NO4/c1-5-16-11(14)10(12(15)17-6-2)8-7-9-13(3)4/h10H,5-9H2,1-4H3. The molecule has 0 spiro atoms. The van der Waals surface area contributed by atoms with Crippen molar-refractivity contribution < 1.29 is 19.1 Å². The first kappa shape index (κ1) is 15.9. The van der Waals surface area contributed by atoms with Gasteiger partial charge < -0.3 is 14.4 Å². The minimum atomic E-state index is -0.783. The van der Waals surface area contributed by atoms with Crippen molar-refractivity contribution in [2.75, 3.05) is 33.9 Å². The van der Waals surface area contributed by atoms with E-state index < -0.39 is 17.9 Å². The second kappa shape index (κ2) is 8.98. The van der Waals surface area contributed by atoms with E-state index in [9.17, 15) is 9.59 Å². The molecular formula is C12H23NO4. The third-order valence-electron chi connectivity index (χ3n) is 2.24. The normalized spacial score (nSPS) is 10.7. The first-order chi connectivity index (χ1) is 8.02. The van der Waals surface area contributed by atoms with Crippen LogP contribution in [-0.4, -0.2) is 50.7 Å². The van der Waals surface area contributed by atoms with Gasteiger partial charge in [0.2, 0.25) is 0 Å². The van der Waals surface area contributed by atoms with Crippen LogP contribution in [0.1, 0.15) is 26.7 Å². The minimum Gasteiger partial charge on any atom is -0.465 e. The molecule has 100 valence electrons. The van der Waals surface area contributed by atoms with Crippen LogP contribution >= 0.6 is 0 Å². The zero-order valence-electron chi connectivity index (χ0n) is 11.2. The summed E-state index contributed by atoms with van der Waals surface area (Å²) in [5, 5.41) is 0. The molecule has 0 aromatic carbocycles. The van der Waals surface area contributed by atoms with Crippen molar-refractivity contribution in [3.05, 3.63) is 0 Å². The van der Waals surface area contributed by atoms with Crippen molar-refractivity contribution in [2.24, 2.45) is 5.92 Å². The van der Waals surface area contributed by atoms with Crippen LogP contribution < -0.4 is 0 Å². The Kier molecular flexibility index (Phi) is 8.40. The Morgan fingerprint density at radius 1 is 1.06 bits per heavy atom. The predicted octanol–water partition coefficient (Wildman–Crippen LogP) is 1.07. The van der Waals surface area contributed by atoms with Crippen molar-refractivity contribution in [2.45, 2.75) is 26.7 Å². The Balaban J connectivity index is 4.29. The maximum absolute atomic E-state index is 11.6. The second-order valence-corrected chi connectivity index (χ2v) is 4.00. The molecular weight excluding hydrogens is 222 g/mol. The van der Waals surface area contributed by atoms with Gasteiger partial charge in [-0.1, -0.05) is 0 Å². The number of rotatable bonds is 8. The smallest absolute Gasteiger partial charge is 0.320 e. The largest absolute Gasteiger partial charge is 0.465 e. The molecule has 0 aliphatic carbocycles. The average molecular weight is 245 g/mol. The summed E-state index contributed by atoms with van der Waals surface area (Å²) in [5.41, 5.74) is 0. The number of carbonyl (C=O) groups is 2. The molecule has 0 aliphatic rings. The van der Waals surface area contributed by atoms with Gasteiger partial charge in [0, 0.05) is 0 Å². The molecule has 5 nitrogen and oxygen atoms in total. The summed E-state index contributed by atoms with van der Waals surface area (Å²) in [6.07, 6.45) is 1.23. The third-order valence-corrected chi connectivity index (χ3v) is 2.24. The van der Waals surface area contributed by atoms with E-state index in [2.05, 4.69) is 0 Å². The molecule has 0 radical (unpaired) electrons. The number of nitrogens with zero attached hydrogens (tertiary/aromatic N) is 1. The van der Waals surface area contributed by atoms with Gasteiger partial charge in [-0.25, -0.2) is 0 Å². The predicted molar refractivity (Wildman–Crippen MR) is 64.5 cm³/mol. The highest BCUT2D eigenvalue weighted by atomic mass is 16.6. The Hall–Kier alpha value is -1.10. The Morgan fingerprint density at radius 2 is 1.53 bits per heavy atom. The summed E-state index contributed by atoms with van der Waals surface area (Å²) in [4.78, 5) is 25.2. The van der Waals surface area contributed by atoms with E-state index in [1.54, 1.807) is 13.8 Å². The molecule has 0 saturated carbocycles. The van der Waals surface area contributed by atoms with E-state index in [1.165, 1.54) is 0 Å². The molecule has 0 aromatic heterocycles. The Labute approximate surface area is 103 Å². The van der Waals surface area contributed by atoms with Gasteiger partial charge in [0.15, 0.2) is 5.92 Å². The fraction of sp³-hybridized carbons (Fsp3) is 0.833. The SMILES string of the molecule is CCOC(=O)C(CCCN(C)C)C(=O)OCC. The first-order valence-corrected chi connectivity index (χ1v) is 6.00. The van der Waals surface area contributed by atoms with Crippen LogP contribution in [0.2, 0.25) is 0 Å². The van der Waals surface area contributed by atoms with E-state index in [4.69, 9.17) is 9.47 Å². The van der Waals surface area contributed by atoms with Gasteiger partial charge in [-0.15, -0.1) is 0 Å². The number of ether oxygens (including phenoxy) is 2. The van der Waals surface area contributed by atoms with Crippen LogP contribution in [0.25, 0.3) is 0 Å². The van der Waals surface area contributed by atoms with Crippen LogP contribution in [0.5, 0.6) is 0 Å². The van der Waals surface area contributed by atoms with E-state index in [0.717, 1.165) is 13.0 Å². The van der Waals surface area contributed by atoms with Crippen LogP contribution in [0.4, 0.5) is 0 Å². The molecule has 0 rings (SSSR count). The van der Waals surface area contributed by atoms with Gasteiger partial charge in [0.25, 0.3) is 0 Å². The molecule has 0 aliphatic heterocycles. The van der Waals surface area contributed by atoms with E-state index in [-0.39, 0.29) is 13.2 Å². The molecule has 17 heavy (non-hydrogen) atoms. The lowest BCUT2D eigenvalue weighted by Crippen LogP contribution is -2.29. The van der Waals surface area contributed by atoms with Gasteiger partial charge in [0.05, 0.1) is 13.2 Å². The summed E-state index contributed by atoms with van der Waals surface area (Å²) in [7, 11) is 3.90. The van der Waals surface area contributed by atoms with Crippen molar-refractivity contribution >= 4 is 11.9 Å². The molecule has 5 heteroatoms. The molecule has 0 aromatic rings. The Bertz CT molecular complexity index is 223. The zero-order chi connectivity index (χ0) is 13.3. The molecule has 0 N–H and O–H groups in total. The van der Waals surface area contributed by atoms with Crippen LogP contribution in [-0.2, 0) is 19.1 Å². The molecule has 0 amide bonds. The fourth-order valence-electron chi connectivity index (χ4n) is 1.43. The molecule has 0 unspecified atom stereocenters. The third kappa shape index (κ3) is 6.94. The fourth-order valence-corrected chi connectivity index (χ4v) is 1.43. The number of hydrogen-bond donors (Lipinski definition) is 0. The summed E-state index contributed by atoms with van der Waals surface area (Å²) < 4.78 is 9.75. The molecule has 0 atom stereocenters. The zero-order valence-corrected chi connectivity index (χ0v) is 11.2. The molecule has 0 bridgehead atoms. The highest BCUT2D eigenvalue weighted by molar-refractivity contribution is 5.94. The van der Waals surface area contributed by atoms with E-state index in [0.29, 0.717) is 6.42 Å². The van der Waals surface area contributed by atoms with Crippen molar-refractivity contribution in [3.63, 3.8) is 0 Å². The molecule has 0 heterocycles. The lowest BCUT2D eigenvalue weighted by atomic mass is 10.0. The van der Waals surface area contributed by atoms with Gasteiger partial charge in [0.1, 0.15) is 0 Å². The number of carbonyl (C=O) groups excluding carboxylic acids is 2. The van der Waals surface area contributed by atoms with Gasteiger partial charge in [-0.3, -0.25) is 9.59 Å². The van der Waals surface area contributed by atoms with Crippen LogP contribution in [0.15, 0.2) is 0 Å². The minimum absolute atomic E-state index is 0.280. The quantitative estimate of drug-likeness (QED) is 0.473. The van der Waals surface area contributed by atoms with E-state index >= 15 is 0 Å². The summed E-state index contributed by atoms with van der Waals surface area (Å²) in [6, 6.07) is 0. The summed E-state index contributed by atoms with van der Waals surface area (Å²) >= 11 is 0. The monoisotopic (exact) mass is 245 g/mol. The molecule has 0 saturated heterocycles. The van der Waals surface area contributed by atoms with Crippen molar-refractivity contribution in [1.29, 1.82) is 0 Å².